The van der Waals surface area contributed by atoms with Gasteiger partial charge in [-0.3, -0.25) is 10.9 Å². The maximum atomic E-state index is 9.94. The molecule has 11 heteroatoms. The maximum absolute atomic E-state index is 9.94. The van der Waals surface area contributed by atoms with Crippen molar-refractivity contribution in [3.05, 3.63) is 53.3 Å². The van der Waals surface area contributed by atoms with Crippen LogP contribution in [0.2, 0.25) is 0 Å². The highest BCUT2D eigenvalue weighted by atomic mass is 79.9. The molecular weight excluding hydrogens is 620 g/mol. The second kappa shape index (κ2) is 9.79. The molecular formula is C15H10Br4N4O2S. The number of hydrazone groups is 2. The average Bonchev–Trinajstić information content (AvgIpc) is 2.56. The highest BCUT2D eigenvalue weighted by Crippen LogP contribution is 2.31. The van der Waals surface area contributed by atoms with E-state index in [1.165, 1.54) is 12.4 Å². The van der Waals surface area contributed by atoms with Crippen LogP contribution in [-0.4, -0.2) is 27.8 Å². The maximum Gasteiger partial charge on any atom is 0.207 e. The molecule has 0 atom stereocenters. The van der Waals surface area contributed by atoms with Gasteiger partial charge in [0.1, 0.15) is 11.5 Å². The molecule has 4 N–H and O–H groups in total. The number of phenolic OH excluding ortho intramolecular Hbond substituents is 2. The van der Waals surface area contributed by atoms with E-state index >= 15 is 0 Å². The largest absolute Gasteiger partial charge is 0.506 e. The Kier molecular flexibility index (Phi) is 8.02. The molecule has 0 aliphatic carbocycles. The normalized spacial score (nSPS) is 11.2. The monoisotopic (exact) mass is 626 g/mol. The van der Waals surface area contributed by atoms with E-state index in [2.05, 4.69) is 84.8 Å². The predicted octanol–water partition coefficient (Wildman–Crippen LogP) is 4.98. The zero-order valence-corrected chi connectivity index (χ0v) is 19.8. The molecule has 0 spiro atoms. The van der Waals surface area contributed by atoms with Crippen LogP contribution in [0.15, 0.2) is 52.4 Å². The molecule has 0 aliphatic rings. The molecule has 0 aliphatic heterocycles. The van der Waals surface area contributed by atoms with Crippen molar-refractivity contribution in [3.63, 3.8) is 0 Å². The van der Waals surface area contributed by atoms with Gasteiger partial charge in [0.15, 0.2) is 0 Å². The van der Waals surface area contributed by atoms with Crippen LogP contribution in [-0.2, 0) is 0 Å². The predicted molar refractivity (Wildman–Crippen MR) is 121 cm³/mol. The number of aromatic hydroxyl groups is 2. The number of hydrogen-bond donors (Lipinski definition) is 4. The number of halogens is 4. The van der Waals surface area contributed by atoms with Crippen molar-refractivity contribution >= 4 is 93.5 Å². The van der Waals surface area contributed by atoms with Gasteiger partial charge in [0.2, 0.25) is 5.11 Å². The summed E-state index contributed by atoms with van der Waals surface area (Å²) in [4.78, 5) is 0. The molecule has 6 nitrogen and oxygen atoms in total. The molecule has 2 rings (SSSR count). The van der Waals surface area contributed by atoms with E-state index in [1.54, 1.807) is 24.3 Å². The molecule has 136 valence electrons. The molecule has 26 heavy (non-hydrogen) atoms. The zero-order valence-electron chi connectivity index (χ0n) is 12.7. The Balaban J connectivity index is 1.96. The summed E-state index contributed by atoms with van der Waals surface area (Å²) in [6.45, 7) is 0. The van der Waals surface area contributed by atoms with Crippen molar-refractivity contribution < 1.29 is 10.2 Å². The number of nitrogens with zero attached hydrogens (tertiary/aromatic N) is 2. The molecule has 2 aromatic rings. The van der Waals surface area contributed by atoms with Crippen molar-refractivity contribution in [1.82, 2.24) is 10.9 Å². The third-order valence-corrected chi connectivity index (χ3v) is 5.16. The molecule has 0 aromatic heterocycles. The van der Waals surface area contributed by atoms with E-state index in [0.717, 1.165) is 8.95 Å². The fraction of sp³-hybridized carbons (Fsp3) is 0. The Morgan fingerprint density at radius 2 is 1.19 bits per heavy atom. The van der Waals surface area contributed by atoms with Crippen LogP contribution < -0.4 is 10.9 Å². The fourth-order valence-corrected chi connectivity index (χ4v) is 4.34. The quantitative estimate of drug-likeness (QED) is 0.218. The van der Waals surface area contributed by atoms with Crippen LogP contribution in [0.3, 0.4) is 0 Å². The van der Waals surface area contributed by atoms with Crippen molar-refractivity contribution in [2.45, 2.75) is 0 Å². The lowest BCUT2D eigenvalue weighted by Gasteiger charge is -2.05. The molecule has 0 fully saturated rings. The van der Waals surface area contributed by atoms with Crippen LogP contribution >= 0.6 is 75.9 Å². The second-order valence-corrected chi connectivity index (χ2v) is 8.67. The van der Waals surface area contributed by atoms with Crippen molar-refractivity contribution in [2.75, 3.05) is 0 Å². The van der Waals surface area contributed by atoms with Crippen molar-refractivity contribution in [1.29, 1.82) is 0 Å². The molecule has 0 unspecified atom stereocenters. The van der Waals surface area contributed by atoms with Gasteiger partial charge in [-0.05, 0) is 68.3 Å². The van der Waals surface area contributed by atoms with Gasteiger partial charge in [0.05, 0.1) is 21.4 Å². The van der Waals surface area contributed by atoms with E-state index in [1.807, 2.05) is 0 Å². The highest BCUT2D eigenvalue weighted by Gasteiger charge is 2.06. The highest BCUT2D eigenvalue weighted by molar-refractivity contribution is 9.11. The van der Waals surface area contributed by atoms with Crippen molar-refractivity contribution in [2.24, 2.45) is 10.2 Å². The fourth-order valence-electron chi connectivity index (χ4n) is 1.71. The first-order valence-corrected chi connectivity index (χ1v) is 10.3. The molecule has 0 amide bonds. The Morgan fingerprint density at radius 3 is 1.58 bits per heavy atom. The minimum atomic E-state index is 0.0614. The zero-order chi connectivity index (χ0) is 19.3. The van der Waals surface area contributed by atoms with E-state index in [-0.39, 0.29) is 16.6 Å². The Morgan fingerprint density at radius 1 is 0.808 bits per heavy atom. The lowest BCUT2D eigenvalue weighted by molar-refractivity contribution is 0.470. The minimum Gasteiger partial charge on any atom is -0.506 e. The standard InChI is InChI=1S/C15H10Br4N4O2S/c16-9-1-7(13(24)11(18)3-9)5-20-22-15(26)23-21-6-8-2-10(17)4-12(19)14(8)25/h1-6,24-25H,(H2,22,23,26)/b20-5+,21-6+. The summed E-state index contributed by atoms with van der Waals surface area (Å²) >= 11 is 18.2. The van der Waals surface area contributed by atoms with Gasteiger partial charge in [-0.15, -0.1) is 0 Å². The average molecular weight is 630 g/mol. The first kappa shape index (κ1) is 21.3. The van der Waals surface area contributed by atoms with Gasteiger partial charge in [-0.25, -0.2) is 0 Å². The molecule has 0 saturated carbocycles. The SMILES string of the molecule is Oc1c(Br)cc(Br)cc1/C=N/NC(=S)N/N=C/c1cc(Br)cc(Br)c1O. The molecule has 2 aromatic carbocycles. The molecule has 0 bridgehead atoms. The molecule has 0 radical (unpaired) electrons. The van der Waals surface area contributed by atoms with Gasteiger partial charge in [-0.2, -0.15) is 10.2 Å². The summed E-state index contributed by atoms with van der Waals surface area (Å²) in [7, 11) is 0. The Hall–Kier alpha value is -1.01. The smallest absolute Gasteiger partial charge is 0.207 e. The van der Waals surface area contributed by atoms with Gasteiger partial charge in [0, 0.05) is 20.1 Å². The topological polar surface area (TPSA) is 89.2 Å². The first-order valence-electron chi connectivity index (χ1n) is 6.76. The lowest BCUT2D eigenvalue weighted by Crippen LogP contribution is -2.28. The summed E-state index contributed by atoms with van der Waals surface area (Å²) in [6, 6.07) is 6.84. The van der Waals surface area contributed by atoms with E-state index in [0.29, 0.717) is 20.1 Å². The molecule has 0 saturated heterocycles. The van der Waals surface area contributed by atoms with Gasteiger partial charge in [0.25, 0.3) is 0 Å². The van der Waals surface area contributed by atoms with E-state index in [9.17, 15) is 10.2 Å². The second-order valence-electron chi connectivity index (χ2n) is 4.72. The minimum absolute atomic E-state index is 0.0614. The number of rotatable bonds is 4. The molecule has 0 heterocycles. The van der Waals surface area contributed by atoms with E-state index < -0.39 is 0 Å². The van der Waals surface area contributed by atoms with Gasteiger partial charge in [-0.1, -0.05) is 31.9 Å². The Labute approximate surface area is 188 Å². The summed E-state index contributed by atoms with van der Waals surface area (Å²) in [5.74, 6) is 0.123. The summed E-state index contributed by atoms with van der Waals surface area (Å²) in [6.07, 6.45) is 2.83. The lowest BCUT2D eigenvalue weighted by atomic mass is 10.2. The number of thiocarbonyl (C=S) groups is 1. The van der Waals surface area contributed by atoms with Gasteiger partial charge < -0.3 is 10.2 Å². The van der Waals surface area contributed by atoms with Crippen LogP contribution in [0, 0.1) is 0 Å². The third-order valence-electron chi connectivity index (χ3n) is 2.85. The Bertz CT molecular complexity index is 834. The van der Waals surface area contributed by atoms with Crippen molar-refractivity contribution in [3.8, 4) is 11.5 Å². The van der Waals surface area contributed by atoms with Crippen LogP contribution in [0.4, 0.5) is 0 Å². The number of benzene rings is 2. The summed E-state index contributed by atoms with van der Waals surface area (Å²) < 4.78 is 2.65. The number of hydrogen-bond acceptors (Lipinski definition) is 5. The first-order chi connectivity index (χ1) is 12.3. The summed E-state index contributed by atoms with van der Waals surface area (Å²) in [5, 5.41) is 27.9. The van der Waals surface area contributed by atoms with E-state index in [4.69, 9.17) is 12.2 Å². The van der Waals surface area contributed by atoms with Crippen LogP contribution in [0.1, 0.15) is 11.1 Å². The number of phenols is 2. The third kappa shape index (κ3) is 6.02. The van der Waals surface area contributed by atoms with Crippen LogP contribution in [0.25, 0.3) is 0 Å². The number of nitrogens with one attached hydrogen (secondary N) is 2. The van der Waals surface area contributed by atoms with Gasteiger partial charge >= 0.3 is 0 Å². The van der Waals surface area contributed by atoms with Crippen LogP contribution in [0.5, 0.6) is 11.5 Å². The summed E-state index contributed by atoms with van der Waals surface area (Å²) in [5.41, 5.74) is 6.14.